The van der Waals surface area contributed by atoms with Crippen LogP contribution in [0, 0.1) is 0 Å². The van der Waals surface area contributed by atoms with Gasteiger partial charge in [0.1, 0.15) is 4.88 Å². The van der Waals surface area contributed by atoms with Gasteiger partial charge in [-0.2, -0.15) is 4.37 Å². The van der Waals surface area contributed by atoms with Crippen molar-refractivity contribution >= 4 is 40.6 Å². The number of nitrogens with zero attached hydrogens (tertiary/aromatic N) is 1. The highest BCUT2D eigenvalue weighted by Gasteiger charge is 2.22. The maximum absolute atomic E-state index is 12.2. The lowest BCUT2D eigenvalue weighted by molar-refractivity contribution is 0.0939. The number of carbonyl (C=O) groups excluding carboxylic acids is 2. The van der Waals surface area contributed by atoms with E-state index in [0.717, 1.165) is 17.1 Å². The molecule has 0 aliphatic rings. The zero-order valence-corrected chi connectivity index (χ0v) is 14.3. The first-order chi connectivity index (χ1) is 10.9. The third kappa shape index (κ3) is 4.20. The zero-order chi connectivity index (χ0) is 17.0. The molecule has 2 amide bonds. The first kappa shape index (κ1) is 17.2. The van der Waals surface area contributed by atoms with E-state index in [1.807, 2.05) is 32.0 Å². The van der Waals surface area contributed by atoms with Crippen molar-refractivity contribution in [2.24, 2.45) is 0 Å². The second kappa shape index (κ2) is 7.43. The number of rotatable bonds is 5. The lowest BCUT2D eigenvalue weighted by atomic mass is 10.2. The average molecular weight is 353 g/mol. The molecule has 0 fully saturated rings. The monoisotopic (exact) mass is 352 g/mol. The Balaban J connectivity index is 2.07. The number of hydrogen-bond donors (Lipinski definition) is 3. The number of nitrogens with one attached hydrogen (secondary N) is 2. The SMILES string of the molecule is CC(C)NC(=O)c1nsc(C(=O)NCc2ccccc2Cl)c1N. The Morgan fingerprint density at radius 1 is 1.30 bits per heavy atom. The van der Waals surface area contributed by atoms with Crippen LogP contribution in [0.2, 0.25) is 5.02 Å². The molecule has 8 heteroatoms. The third-order valence-electron chi connectivity index (χ3n) is 2.97. The van der Waals surface area contributed by atoms with Gasteiger partial charge >= 0.3 is 0 Å². The molecule has 23 heavy (non-hydrogen) atoms. The molecule has 0 unspecified atom stereocenters. The Morgan fingerprint density at radius 3 is 2.65 bits per heavy atom. The molecule has 0 saturated carbocycles. The minimum absolute atomic E-state index is 0.0406. The van der Waals surface area contributed by atoms with Gasteiger partial charge in [-0.15, -0.1) is 0 Å². The van der Waals surface area contributed by atoms with Crippen molar-refractivity contribution in [3.63, 3.8) is 0 Å². The number of halogens is 1. The Morgan fingerprint density at radius 2 is 2.00 bits per heavy atom. The second-order valence-electron chi connectivity index (χ2n) is 5.18. The van der Waals surface area contributed by atoms with Crippen LogP contribution in [0.15, 0.2) is 24.3 Å². The number of aromatic nitrogens is 1. The van der Waals surface area contributed by atoms with Crippen LogP contribution in [0.3, 0.4) is 0 Å². The second-order valence-corrected chi connectivity index (χ2v) is 6.36. The maximum Gasteiger partial charge on any atom is 0.273 e. The van der Waals surface area contributed by atoms with Crippen LogP contribution in [0.1, 0.15) is 39.6 Å². The summed E-state index contributed by atoms with van der Waals surface area (Å²) in [6, 6.07) is 7.18. The predicted molar refractivity (Wildman–Crippen MR) is 91.8 cm³/mol. The van der Waals surface area contributed by atoms with Crippen LogP contribution >= 0.6 is 23.1 Å². The quantitative estimate of drug-likeness (QED) is 0.769. The van der Waals surface area contributed by atoms with E-state index in [2.05, 4.69) is 15.0 Å². The molecule has 1 aromatic heterocycles. The molecule has 6 nitrogen and oxygen atoms in total. The van der Waals surface area contributed by atoms with Gasteiger partial charge in [-0.25, -0.2) is 0 Å². The summed E-state index contributed by atoms with van der Waals surface area (Å²) in [4.78, 5) is 24.4. The molecule has 2 rings (SSSR count). The minimum atomic E-state index is -0.390. The maximum atomic E-state index is 12.2. The zero-order valence-electron chi connectivity index (χ0n) is 12.7. The van der Waals surface area contributed by atoms with Crippen molar-refractivity contribution < 1.29 is 9.59 Å². The minimum Gasteiger partial charge on any atom is -0.395 e. The standard InChI is InChI=1S/C15H17ClN4O2S/c1-8(2)19-14(21)12-11(17)13(23-20-12)15(22)18-7-9-5-3-4-6-10(9)16/h3-6,8H,7,17H2,1-2H3,(H,18,22)(H,19,21). The molecule has 0 aliphatic heterocycles. The van der Waals surface area contributed by atoms with E-state index in [4.69, 9.17) is 17.3 Å². The van der Waals surface area contributed by atoms with E-state index in [1.54, 1.807) is 6.07 Å². The Labute approximate surface area is 143 Å². The van der Waals surface area contributed by atoms with E-state index < -0.39 is 0 Å². The van der Waals surface area contributed by atoms with Gasteiger partial charge in [0.25, 0.3) is 11.8 Å². The van der Waals surface area contributed by atoms with Crippen molar-refractivity contribution in [3.05, 3.63) is 45.4 Å². The van der Waals surface area contributed by atoms with E-state index in [-0.39, 0.29) is 40.7 Å². The number of nitrogen functional groups attached to an aromatic ring is 1. The Kier molecular flexibility index (Phi) is 5.57. The first-order valence-corrected chi connectivity index (χ1v) is 8.13. The van der Waals surface area contributed by atoms with Crippen LogP contribution in [-0.2, 0) is 6.54 Å². The number of benzene rings is 1. The molecular formula is C15H17ClN4O2S. The summed E-state index contributed by atoms with van der Waals surface area (Å²) in [6.07, 6.45) is 0. The van der Waals surface area contributed by atoms with Gasteiger partial charge < -0.3 is 16.4 Å². The summed E-state index contributed by atoms with van der Waals surface area (Å²) >= 11 is 6.94. The third-order valence-corrected chi connectivity index (χ3v) is 4.20. The van der Waals surface area contributed by atoms with Gasteiger partial charge in [0.2, 0.25) is 0 Å². The number of amides is 2. The smallest absolute Gasteiger partial charge is 0.273 e. The Bertz CT molecular complexity index is 730. The highest BCUT2D eigenvalue weighted by atomic mass is 35.5. The number of nitrogens with two attached hydrogens (primary N) is 1. The average Bonchev–Trinajstić information content (AvgIpc) is 2.87. The van der Waals surface area contributed by atoms with Gasteiger partial charge in [0.05, 0.1) is 5.69 Å². The number of anilines is 1. The van der Waals surface area contributed by atoms with Crippen LogP contribution in [0.4, 0.5) is 5.69 Å². The molecule has 0 spiro atoms. The molecular weight excluding hydrogens is 336 g/mol. The normalized spacial score (nSPS) is 10.6. The molecule has 0 radical (unpaired) electrons. The topological polar surface area (TPSA) is 97.1 Å². The van der Waals surface area contributed by atoms with E-state index in [9.17, 15) is 9.59 Å². The van der Waals surface area contributed by atoms with Crippen molar-refractivity contribution in [1.82, 2.24) is 15.0 Å². The fourth-order valence-corrected chi connectivity index (χ4v) is 2.77. The molecule has 1 heterocycles. The fourth-order valence-electron chi connectivity index (χ4n) is 1.85. The molecule has 1 aromatic carbocycles. The molecule has 4 N–H and O–H groups in total. The van der Waals surface area contributed by atoms with Crippen molar-refractivity contribution in [2.75, 3.05) is 5.73 Å². The van der Waals surface area contributed by atoms with Crippen molar-refractivity contribution in [3.8, 4) is 0 Å². The van der Waals surface area contributed by atoms with Gasteiger partial charge in [0.15, 0.2) is 5.69 Å². The van der Waals surface area contributed by atoms with Gasteiger partial charge in [-0.05, 0) is 37.0 Å². The highest BCUT2D eigenvalue weighted by molar-refractivity contribution is 7.09. The summed E-state index contributed by atoms with van der Waals surface area (Å²) in [6.45, 7) is 3.93. The van der Waals surface area contributed by atoms with E-state index in [0.29, 0.717) is 5.02 Å². The predicted octanol–water partition coefficient (Wildman–Crippen LogP) is 2.45. The van der Waals surface area contributed by atoms with Gasteiger partial charge in [-0.1, -0.05) is 29.8 Å². The summed E-state index contributed by atoms with van der Waals surface area (Å²) < 4.78 is 3.98. The summed E-state index contributed by atoms with van der Waals surface area (Å²) in [5.41, 5.74) is 6.84. The van der Waals surface area contributed by atoms with E-state index >= 15 is 0 Å². The van der Waals surface area contributed by atoms with Crippen molar-refractivity contribution in [2.45, 2.75) is 26.4 Å². The fraction of sp³-hybridized carbons (Fsp3) is 0.267. The van der Waals surface area contributed by atoms with Gasteiger partial charge in [0, 0.05) is 17.6 Å². The van der Waals surface area contributed by atoms with Crippen LogP contribution in [-0.4, -0.2) is 22.2 Å². The molecule has 122 valence electrons. The number of carbonyl (C=O) groups is 2. The van der Waals surface area contributed by atoms with E-state index in [1.165, 1.54) is 0 Å². The lowest BCUT2D eigenvalue weighted by Crippen LogP contribution is -2.31. The summed E-state index contributed by atoms with van der Waals surface area (Å²) in [7, 11) is 0. The molecule has 0 atom stereocenters. The van der Waals surface area contributed by atoms with Gasteiger partial charge in [-0.3, -0.25) is 9.59 Å². The van der Waals surface area contributed by atoms with Crippen LogP contribution in [0.25, 0.3) is 0 Å². The largest absolute Gasteiger partial charge is 0.395 e. The number of hydrogen-bond acceptors (Lipinski definition) is 5. The highest BCUT2D eigenvalue weighted by Crippen LogP contribution is 2.22. The summed E-state index contributed by atoms with van der Waals surface area (Å²) in [5.74, 6) is -0.776. The Hall–Kier alpha value is -2.12. The lowest BCUT2D eigenvalue weighted by Gasteiger charge is -2.07. The molecule has 0 saturated heterocycles. The molecule has 0 bridgehead atoms. The molecule has 2 aromatic rings. The first-order valence-electron chi connectivity index (χ1n) is 6.97. The van der Waals surface area contributed by atoms with Crippen LogP contribution in [0.5, 0.6) is 0 Å². The van der Waals surface area contributed by atoms with Crippen LogP contribution < -0.4 is 16.4 Å². The van der Waals surface area contributed by atoms with Crippen molar-refractivity contribution in [1.29, 1.82) is 0 Å². The molecule has 0 aliphatic carbocycles. The summed E-state index contributed by atoms with van der Waals surface area (Å²) in [5, 5.41) is 5.99.